The van der Waals surface area contributed by atoms with E-state index < -0.39 is 12.1 Å². The summed E-state index contributed by atoms with van der Waals surface area (Å²) in [7, 11) is 1.50. The molecule has 4 N–H and O–H groups in total. The number of aliphatic hydroxyl groups is 1. The second-order valence-corrected chi connectivity index (χ2v) is 3.40. The fourth-order valence-electron chi connectivity index (χ4n) is 1.32. The van der Waals surface area contributed by atoms with Gasteiger partial charge in [0.1, 0.15) is 6.04 Å². The van der Waals surface area contributed by atoms with Crippen LogP contribution in [0.15, 0.2) is 30.3 Å². The number of benzene rings is 1. The van der Waals surface area contributed by atoms with Crippen LogP contribution in [0.1, 0.15) is 5.56 Å². The molecule has 1 amide bonds. The summed E-state index contributed by atoms with van der Waals surface area (Å²) in [6.45, 7) is 0. The average molecular weight is 208 g/mol. The van der Waals surface area contributed by atoms with Crippen LogP contribution in [0.25, 0.3) is 0 Å². The van der Waals surface area contributed by atoms with E-state index in [4.69, 9.17) is 5.73 Å². The van der Waals surface area contributed by atoms with E-state index in [-0.39, 0.29) is 5.91 Å². The van der Waals surface area contributed by atoms with Crippen LogP contribution in [0.3, 0.4) is 0 Å². The van der Waals surface area contributed by atoms with E-state index in [1.807, 2.05) is 30.3 Å². The highest BCUT2D eigenvalue weighted by Gasteiger charge is 2.21. The first kappa shape index (κ1) is 11.7. The monoisotopic (exact) mass is 208 g/mol. The predicted octanol–water partition coefficient (Wildman–Crippen LogP) is -0.337. The minimum absolute atomic E-state index is 0.349. The largest absolute Gasteiger partial charge is 0.391 e. The first-order valence-electron chi connectivity index (χ1n) is 4.84. The zero-order valence-corrected chi connectivity index (χ0v) is 8.68. The van der Waals surface area contributed by atoms with Gasteiger partial charge in [-0.3, -0.25) is 4.79 Å². The molecule has 0 aliphatic rings. The van der Waals surface area contributed by atoms with E-state index in [1.165, 1.54) is 7.05 Å². The quantitative estimate of drug-likeness (QED) is 0.634. The normalized spacial score (nSPS) is 14.3. The third-order valence-electron chi connectivity index (χ3n) is 2.25. The Kier molecular flexibility index (Phi) is 4.27. The molecule has 0 heterocycles. The minimum Gasteiger partial charge on any atom is -0.391 e. The van der Waals surface area contributed by atoms with Gasteiger partial charge in [0.2, 0.25) is 5.91 Å². The van der Waals surface area contributed by atoms with Gasteiger partial charge in [0, 0.05) is 13.5 Å². The van der Waals surface area contributed by atoms with Crippen LogP contribution in [0.2, 0.25) is 0 Å². The molecule has 1 aromatic rings. The standard InChI is InChI=1S/C11H16N2O2/c1-13-11(15)10(12)9(14)7-8-5-3-2-4-6-8/h2-6,9-10,14H,7,12H2,1H3,(H,13,15)/t9-,10+/m1/s1. The molecule has 0 aliphatic heterocycles. The highest BCUT2D eigenvalue weighted by Crippen LogP contribution is 2.04. The fraction of sp³-hybridized carbons (Fsp3) is 0.364. The maximum Gasteiger partial charge on any atom is 0.239 e. The SMILES string of the molecule is CNC(=O)[C@@H](N)[C@H](O)Cc1ccccc1. The van der Waals surface area contributed by atoms with Crippen LogP contribution in [-0.4, -0.2) is 30.2 Å². The smallest absolute Gasteiger partial charge is 0.239 e. The zero-order chi connectivity index (χ0) is 11.3. The third kappa shape index (κ3) is 3.34. The Bertz CT molecular complexity index is 314. The molecule has 1 aromatic carbocycles. The Labute approximate surface area is 89.1 Å². The van der Waals surface area contributed by atoms with Crippen LogP contribution in [0, 0.1) is 0 Å². The Morgan fingerprint density at radius 2 is 2.07 bits per heavy atom. The van der Waals surface area contributed by atoms with Crippen molar-refractivity contribution in [2.45, 2.75) is 18.6 Å². The molecule has 2 atom stereocenters. The molecule has 0 radical (unpaired) electrons. The molecule has 82 valence electrons. The highest BCUT2D eigenvalue weighted by atomic mass is 16.3. The number of hydrogen-bond donors (Lipinski definition) is 3. The van der Waals surface area contributed by atoms with Crippen LogP contribution in [0.4, 0.5) is 0 Å². The summed E-state index contributed by atoms with van der Waals surface area (Å²) in [5.74, 6) is -0.349. The van der Waals surface area contributed by atoms with E-state index in [1.54, 1.807) is 0 Å². The molecule has 15 heavy (non-hydrogen) atoms. The third-order valence-corrected chi connectivity index (χ3v) is 2.25. The summed E-state index contributed by atoms with van der Waals surface area (Å²) in [5.41, 5.74) is 6.52. The summed E-state index contributed by atoms with van der Waals surface area (Å²) >= 11 is 0. The number of carbonyl (C=O) groups is 1. The highest BCUT2D eigenvalue weighted by molar-refractivity contribution is 5.81. The number of hydrogen-bond acceptors (Lipinski definition) is 3. The van der Waals surface area contributed by atoms with Crippen LogP contribution < -0.4 is 11.1 Å². The Hall–Kier alpha value is -1.39. The molecule has 4 heteroatoms. The first-order chi connectivity index (χ1) is 7.15. The molecule has 0 aliphatic carbocycles. The van der Waals surface area contributed by atoms with Crippen molar-refractivity contribution in [3.8, 4) is 0 Å². The number of likely N-dealkylation sites (N-methyl/N-ethyl adjacent to an activating group) is 1. The van der Waals surface area contributed by atoms with E-state index in [0.717, 1.165) is 5.56 Å². The summed E-state index contributed by atoms with van der Waals surface area (Å²) in [6.07, 6.45) is -0.470. The number of nitrogens with two attached hydrogens (primary N) is 1. The lowest BCUT2D eigenvalue weighted by atomic mass is 10.0. The number of amides is 1. The number of nitrogens with one attached hydrogen (secondary N) is 1. The summed E-state index contributed by atoms with van der Waals surface area (Å²) in [6, 6.07) is 8.56. The fourth-order valence-corrected chi connectivity index (χ4v) is 1.32. The molecule has 1 rings (SSSR count). The number of rotatable bonds is 4. The molecule has 0 aromatic heterocycles. The molecule has 0 saturated carbocycles. The van der Waals surface area contributed by atoms with Gasteiger partial charge in [-0.1, -0.05) is 30.3 Å². The number of carbonyl (C=O) groups excluding carboxylic acids is 1. The van der Waals surface area contributed by atoms with Gasteiger partial charge >= 0.3 is 0 Å². The van der Waals surface area contributed by atoms with Crippen molar-refractivity contribution >= 4 is 5.91 Å². The second kappa shape index (κ2) is 5.48. The average Bonchev–Trinajstić information content (AvgIpc) is 2.28. The lowest BCUT2D eigenvalue weighted by Gasteiger charge is -2.17. The van der Waals surface area contributed by atoms with Crippen molar-refractivity contribution in [1.29, 1.82) is 0 Å². The van der Waals surface area contributed by atoms with Crippen LogP contribution in [-0.2, 0) is 11.2 Å². The summed E-state index contributed by atoms with van der Waals surface area (Å²) in [5, 5.41) is 12.1. The molecule has 0 bridgehead atoms. The van der Waals surface area contributed by atoms with E-state index in [2.05, 4.69) is 5.32 Å². The van der Waals surface area contributed by atoms with Crippen molar-refractivity contribution in [1.82, 2.24) is 5.32 Å². The first-order valence-corrected chi connectivity index (χ1v) is 4.84. The second-order valence-electron chi connectivity index (χ2n) is 3.40. The van der Waals surface area contributed by atoms with Gasteiger partial charge in [-0.05, 0) is 5.56 Å². The lowest BCUT2D eigenvalue weighted by Crippen LogP contribution is -2.48. The zero-order valence-electron chi connectivity index (χ0n) is 8.68. The van der Waals surface area contributed by atoms with Gasteiger partial charge in [-0.25, -0.2) is 0 Å². The van der Waals surface area contributed by atoms with Gasteiger partial charge in [0.25, 0.3) is 0 Å². The summed E-state index contributed by atoms with van der Waals surface area (Å²) < 4.78 is 0. The van der Waals surface area contributed by atoms with Crippen molar-refractivity contribution in [3.63, 3.8) is 0 Å². The number of aliphatic hydroxyl groups excluding tert-OH is 1. The minimum atomic E-state index is -0.879. The topological polar surface area (TPSA) is 75.4 Å². The molecule has 0 spiro atoms. The van der Waals surface area contributed by atoms with Crippen LogP contribution >= 0.6 is 0 Å². The van der Waals surface area contributed by atoms with E-state index in [9.17, 15) is 9.90 Å². The van der Waals surface area contributed by atoms with Gasteiger partial charge in [0.05, 0.1) is 6.10 Å². The van der Waals surface area contributed by atoms with E-state index >= 15 is 0 Å². The van der Waals surface area contributed by atoms with Crippen molar-refractivity contribution in [2.75, 3.05) is 7.05 Å². The van der Waals surface area contributed by atoms with Crippen molar-refractivity contribution in [3.05, 3.63) is 35.9 Å². The molecule has 0 unspecified atom stereocenters. The molecular weight excluding hydrogens is 192 g/mol. The van der Waals surface area contributed by atoms with Gasteiger partial charge in [-0.15, -0.1) is 0 Å². The summed E-state index contributed by atoms with van der Waals surface area (Å²) in [4.78, 5) is 11.1. The molecule has 4 nitrogen and oxygen atoms in total. The van der Waals surface area contributed by atoms with Crippen molar-refractivity contribution in [2.24, 2.45) is 5.73 Å². The molecular formula is C11H16N2O2. The van der Waals surface area contributed by atoms with Crippen molar-refractivity contribution < 1.29 is 9.90 Å². The van der Waals surface area contributed by atoms with Crippen LogP contribution in [0.5, 0.6) is 0 Å². The maximum atomic E-state index is 11.1. The predicted molar refractivity (Wildman–Crippen MR) is 58.2 cm³/mol. The van der Waals surface area contributed by atoms with Gasteiger partial charge in [0.15, 0.2) is 0 Å². The Morgan fingerprint density at radius 3 is 2.60 bits per heavy atom. The van der Waals surface area contributed by atoms with Gasteiger partial charge < -0.3 is 16.2 Å². The Balaban J connectivity index is 2.56. The molecule has 0 saturated heterocycles. The maximum absolute atomic E-state index is 11.1. The van der Waals surface area contributed by atoms with Gasteiger partial charge in [-0.2, -0.15) is 0 Å². The Morgan fingerprint density at radius 1 is 1.47 bits per heavy atom. The lowest BCUT2D eigenvalue weighted by molar-refractivity contribution is -0.124. The van der Waals surface area contributed by atoms with E-state index in [0.29, 0.717) is 6.42 Å². The molecule has 0 fully saturated rings.